The van der Waals surface area contributed by atoms with E-state index in [1.807, 2.05) is 6.07 Å². The molecule has 0 amide bonds. The Kier molecular flexibility index (Phi) is 5.69. The van der Waals surface area contributed by atoms with Crippen molar-refractivity contribution in [3.8, 4) is 11.5 Å². The highest BCUT2D eigenvalue weighted by Crippen LogP contribution is 2.35. The fourth-order valence-electron chi connectivity index (χ4n) is 4.27. The van der Waals surface area contributed by atoms with Crippen LogP contribution in [0.4, 0.5) is 0 Å². The van der Waals surface area contributed by atoms with Gasteiger partial charge in [0.05, 0.1) is 19.4 Å². The summed E-state index contributed by atoms with van der Waals surface area (Å²) in [5.74, 6) is 2.98. The van der Waals surface area contributed by atoms with Crippen LogP contribution in [0, 0.1) is 0 Å². The van der Waals surface area contributed by atoms with Gasteiger partial charge in [0, 0.05) is 30.6 Å². The SMILES string of the molecule is COc1cc2c(cc1CNC[C@H](c1ccco1)N1CCCCC1)O[C@@H](C)C2. The Morgan fingerprint density at radius 2 is 2.11 bits per heavy atom. The molecule has 0 bridgehead atoms. The first-order chi connectivity index (χ1) is 13.2. The number of nitrogens with one attached hydrogen (secondary N) is 1. The van der Waals surface area contributed by atoms with Crippen molar-refractivity contribution in [2.24, 2.45) is 0 Å². The summed E-state index contributed by atoms with van der Waals surface area (Å²) in [6.45, 7) is 5.99. The van der Waals surface area contributed by atoms with E-state index in [2.05, 4.69) is 35.3 Å². The summed E-state index contributed by atoms with van der Waals surface area (Å²) < 4.78 is 17.3. The minimum atomic E-state index is 0.246. The van der Waals surface area contributed by atoms with Crippen molar-refractivity contribution in [1.29, 1.82) is 0 Å². The predicted octanol–water partition coefficient (Wildman–Crippen LogP) is 3.93. The number of benzene rings is 1. The molecule has 1 aromatic heterocycles. The summed E-state index contributed by atoms with van der Waals surface area (Å²) in [7, 11) is 1.74. The molecule has 146 valence electrons. The molecular weight excluding hydrogens is 340 g/mol. The van der Waals surface area contributed by atoms with Crippen LogP contribution >= 0.6 is 0 Å². The van der Waals surface area contributed by atoms with E-state index in [-0.39, 0.29) is 12.1 Å². The molecule has 1 saturated heterocycles. The van der Waals surface area contributed by atoms with Crippen LogP contribution in [0.15, 0.2) is 34.9 Å². The van der Waals surface area contributed by atoms with E-state index in [0.717, 1.165) is 55.4 Å². The Morgan fingerprint density at radius 1 is 1.26 bits per heavy atom. The molecule has 0 saturated carbocycles. The van der Waals surface area contributed by atoms with Gasteiger partial charge in [0.15, 0.2) is 0 Å². The van der Waals surface area contributed by atoms with Crippen LogP contribution < -0.4 is 14.8 Å². The maximum absolute atomic E-state index is 5.92. The second kappa shape index (κ2) is 8.36. The highest BCUT2D eigenvalue weighted by atomic mass is 16.5. The van der Waals surface area contributed by atoms with Crippen molar-refractivity contribution in [1.82, 2.24) is 10.2 Å². The number of furan rings is 1. The van der Waals surface area contributed by atoms with Crippen LogP contribution in [-0.2, 0) is 13.0 Å². The third kappa shape index (κ3) is 4.14. The van der Waals surface area contributed by atoms with E-state index in [1.54, 1.807) is 13.4 Å². The van der Waals surface area contributed by atoms with Crippen molar-refractivity contribution in [2.75, 3.05) is 26.7 Å². The summed E-state index contributed by atoms with van der Waals surface area (Å²) >= 11 is 0. The van der Waals surface area contributed by atoms with Crippen molar-refractivity contribution >= 4 is 0 Å². The first kappa shape index (κ1) is 18.4. The molecule has 1 N–H and O–H groups in total. The van der Waals surface area contributed by atoms with Gasteiger partial charge in [-0.05, 0) is 57.1 Å². The average molecular weight is 370 g/mol. The average Bonchev–Trinajstić information content (AvgIpc) is 3.33. The van der Waals surface area contributed by atoms with E-state index in [1.165, 1.54) is 24.8 Å². The van der Waals surface area contributed by atoms with Crippen LogP contribution in [0.3, 0.4) is 0 Å². The largest absolute Gasteiger partial charge is 0.496 e. The van der Waals surface area contributed by atoms with E-state index < -0.39 is 0 Å². The Morgan fingerprint density at radius 3 is 2.85 bits per heavy atom. The molecule has 2 atom stereocenters. The molecule has 5 nitrogen and oxygen atoms in total. The van der Waals surface area contributed by atoms with E-state index >= 15 is 0 Å². The fourth-order valence-corrected chi connectivity index (χ4v) is 4.27. The van der Waals surface area contributed by atoms with E-state index in [4.69, 9.17) is 13.9 Å². The Labute approximate surface area is 161 Å². The van der Waals surface area contributed by atoms with Crippen LogP contribution in [0.25, 0.3) is 0 Å². The first-order valence-corrected chi connectivity index (χ1v) is 10.1. The Bertz CT molecular complexity index is 738. The number of hydrogen-bond acceptors (Lipinski definition) is 5. The second-order valence-electron chi connectivity index (χ2n) is 7.66. The monoisotopic (exact) mass is 370 g/mol. The van der Waals surface area contributed by atoms with Crippen LogP contribution in [0.1, 0.15) is 49.1 Å². The lowest BCUT2D eigenvalue weighted by Gasteiger charge is -2.33. The van der Waals surface area contributed by atoms with Gasteiger partial charge in [0.1, 0.15) is 23.4 Å². The number of rotatable bonds is 7. The standard InChI is InChI=1S/C22H30N2O3/c1-16-11-17-12-21(25-2)18(13-22(17)27-16)14-23-15-19(20-7-6-10-26-20)24-8-4-3-5-9-24/h6-7,10,12-13,16,19,23H,3-5,8-9,11,14-15H2,1-2H3/t16-,19+/m0/s1. The third-order valence-corrected chi connectivity index (χ3v) is 5.66. The zero-order chi connectivity index (χ0) is 18.6. The van der Waals surface area contributed by atoms with Crippen LogP contribution in [-0.4, -0.2) is 37.7 Å². The van der Waals surface area contributed by atoms with Crippen LogP contribution in [0.5, 0.6) is 11.5 Å². The van der Waals surface area contributed by atoms with Crippen molar-refractivity contribution < 1.29 is 13.9 Å². The van der Waals surface area contributed by atoms with Gasteiger partial charge in [-0.2, -0.15) is 0 Å². The third-order valence-electron chi connectivity index (χ3n) is 5.66. The molecule has 3 heterocycles. The van der Waals surface area contributed by atoms with Crippen LogP contribution in [0.2, 0.25) is 0 Å². The zero-order valence-corrected chi connectivity index (χ0v) is 16.4. The number of fused-ring (bicyclic) bond motifs is 1. The van der Waals surface area contributed by atoms with Crippen molar-refractivity contribution in [3.63, 3.8) is 0 Å². The maximum atomic E-state index is 5.92. The fraction of sp³-hybridized carbons (Fsp3) is 0.545. The molecule has 0 radical (unpaired) electrons. The number of likely N-dealkylation sites (tertiary alicyclic amines) is 1. The van der Waals surface area contributed by atoms with Crippen molar-refractivity contribution in [2.45, 2.75) is 51.3 Å². The summed E-state index contributed by atoms with van der Waals surface area (Å²) in [5, 5.41) is 3.63. The quantitative estimate of drug-likeness (QED) is 0.800. The van der Waals surface area contributed by atoms with Gasteiger partial charge in [0.25, 0.3) is 0 Å². The number of methoxy groups -OCH3 is 1. The summed E-state index contributed by atoms with van der Waals surface area (Å²) in [6.07, 6.45) is 6.84. The molecule has 1 fully saturated rings. The molecule has 2 aliphatic heterocycles. The normalized spacial score (nSPS) is 20.9. The van der Waals surface area contributed by atoms with Gasteiger partial charge in [-0.1, -0.05) is 6.42 Å². The van der Waals surface area contributed by atoms with Gasteiger partial charge < -0.3 is 19.2 Å². The van der Waals surface area contributed by atoms with Gasteiger partial charge in [-0.3, -0.25) is 4.90 Å². The first-order valence-electron chi connectivity index (χ1n) is 10.1. The molecule has 0 unspecified atom stereocenters. The minimum Gasteiger partial charge on any atom is -0.496 e. The lowest BCUT2D eigenvalue weighted by Crippen LogP contribution is -2.38. The number of piperidine rings is 1. The highest BCUT2D eigenvalue weighted by Gasteiger charge is 2.25. The van der Waals surface area contributed by atoms with Gasteiger partial charge >= 0.3 is 0 Å². The molecular formula is C22H30N2O3. The summed E-state index contributed by atoms with van der Waals surface area (Å²) in [4.78, 5) is 2.54. The molecule has 0 spiro atoms. The molecule has 27 heavy (non-hydrogen) atoms. The molecule has 1 aromatic carbocycles. The predicted molar refractivity (Wildman–Crippen MR) is 105 cm³/mol. The number of hydrogen-bond donors (Lipinski definition) is 1. The summed E-state index contributed by atoms with van der Waals surface area (Å²) in [6, 6.07) is 8.61. The lowest BCUT2D eigenvalue weighted by atomic mass is 10.1. The number of nitrogens with zero attached hydrogens (tertiary/aromatic N) is 1. The van der Waals surface area contributed by atoms with E-state index in [0.29, 0.717) is 0 Å². The Balaban J connectivity index is 1.44. The number of ether oxygens (including phenoxy) is 2. The molecule has 0 aliphatic carbocycles. The second-order valence-corrected chi connectivity index (χ2v) is 7.66. The van der Waals surface area contributed by atoms with Gasteiger partial charge in [-0.25, -0.2) is 0 Å². The van der Waals surface area contributed by atoms with Gasteiger partial charge in [0.2, 0.25) is 0 Å². The maximum Gasteiger partial charge on any atom is 0.123 e. The zero-order valence-electron chi connectivity index (χ0n) is 16.4. The highest BCUT2D eigenvalue weighted by molar-refractivity contribution is 5.48. The topological polar surface area (TPSA) is 46.9 Å². The molecule has 2 aromatic rings. The van der Waals surface area contributed by atoms with E-state index in [9.17, 15) is 0 Å². The smallest absolute Gasteiger partial charge is 0.123 e. The van der Waals surface area contributed by atoms with Gasteiger partial charge in [-0.15, -0.1) is 0 Å². The lowest BCUT2D eigenvalue weighted by molar-refractivity contribution is 0.142. The summed E-state index contributed by atoms with van der Waals surface area (Å²) in [5.41, 5.74) is 2.38. The molecule has 5 heteroatoms. The van der Waals surface area contributed by atoms with Crippen molar-refractivity contribution in [3.05, 3.63) is 47.4 Å². The molecule has 2 aliphatic rings. The Hall–Kier alpha value is -1.98. The molecule has 4 rings (SSSR count). The minimum absolute atomic E-state index is 0.246.